The molecule has 5 atom stereocenters. The van der Waals surface area contributed by atoms with E-state index in [-0.39, 0.29) is 25.7 Å². The number of allylic oxidation sites excluding steroid dienone is 5. The smallest absolute Gasteiger partial charge is 0.462 e. The number of hydrogen-bond acceptors (Lipinski definition) is 12. The van der Waals surface area contributed by atoms with E-state index in [2.05, 4.69) is 29.0 Å². The molecule has 0 aliphatic heterocycles. The largest absolute Gasteiger partial charge is 0.472 e. The average Bonchev–Trinajstić information content (AvgIpc) is 3.18. The van der Waals surface area contributed by atoms with Crippen LogP contribution < -0.4 is 0 Å². The fourth-order valence-corrected chi connectivity index (χ4v) is 6.70. The van der Waals surface area contributed by atoms with Gasteiger partial charge in [-0.05, 0) is 38.5 Å². The second kappa shape index (κ2) is 37.7. The van der Waals surface area contributed by atoms with Gasteiger partial charge in [-0.15, -0.1) is 0 Å². The summed E-state index contributed by atoms with van der Waals surface area (Å²) in [4.78, 5) is 52.6. The molecule has 0 amide bonds. The van der Waals surface area contributed by atoms with Gasteiger partial charge in [-0.1, -0.05) is 152 Å². The van der Waals surface area contributed by atoms with Gasteiger partial charge in [0, 0.05) is 12.8 Å². The Bertz CT molecular complexity index is 1270. The van der Waals surface area contributed by atoms with Crippen LogP contribution in [0.4, 0.5) is 0 Å². The standard InChI is InChI=1S/C42H76O15P2/c1-3-5-7-9-11-12-13-14-15-16-17-19-25-31-41(46)53-35-40(36-56-59(51,52)55-34-39(45)33-54-58(48,49)50)57-42(47)32-26-30-38(44)29-24-21-20-23-28-37(43)27-22-18-10-8-6-4-2/h18,20-24,28-29,37-40,43-45H,3-17,19,25-27,30-36H2,1-2H3,(H,51,52)(H2,48,49,50)/b21-20+,22-18-,28-23+,29-24-/t37-,38-,39-,40+/m0/s1. The van der Waals surface area contributed by atoms with E-state index in [9.17, 15) is 38.9 Å². The van der Waals surface area contributed by atoms with Crippen LogP contribution >= 0.6 is 15.6 Å². The van der Waals surface area contributed by atoms with E-state index < -0.39 is 78.4 Å². The maximum Gasteiger partial charge on any atom is 0.472 e. The Balaban J connectivity index is 4.79. The first-order chi connectivity index (χ1) is 28.2. The van der Waals surface area contributed by atoms with Crippen molar-refractivity contribution in [3.63, 3.8) is 0 Å². The van der Waals surface area contributed by atoms with Crippen molar-refractivity contribution in [1.29, 1.82) is 0 Å². The topological polar surface area (TPSA) is 236 Å². The second-order valence-electron chi connectivity index (χ2n) is 14.7. The van der Waals surface area contributed by atoms with E-state index in [0.717, 1.165) is 32.1 Å². The Kier molecular flexibility index (Phi) is 36.5. The summed E-state index contributed by atoms with van der Waals surface area (Å²) in [6, 6.07) is 0. The Morgan fingerprint density at radius 3 is 1.66 bits per heavy atom. The van der Waals surface area contributed by atoms with Crippen LogP contribution in [0, 0.1) is 0 Å². The predicted molar refractivity (Wildman–Crippen MR) is 228 cm³/mol. The molecule has 0 saturated heterocycles. The van der Waals surface area contributed by atoms with Gasteiger partial charge in [0.25, 0.3) is 0 Å². The zero-order valence-electron chi connectivity index (χ0n) is 35.6. The molecule has 0 rings (SSSR count). The van der Waals surface area contributed by atoms with E-state index >= 15 is 0 Å². The van der Waals surface area contributed by atoms with Gasteiger partial charge in [-0.2, -0.15) is 0 Å². The molecule has 1 unspecified atom stereocenters. The van der Waals surface area contributed by atoms with Crippen LogP contribution in [0.3, 0.4) is 0 Å². The van der Waals surface area contributed by atoms with Crippen LogP contribution in [0.5, 0.6) is 0 Å². The SMILES string of the molecule is CCCCC/C=C\C[C@H](O)/C=C/C=C/C=C\[C@H](O)CCCC(=O)O[C@H](COC(=O)CCCCCCCCCCCCCCC)COP(=O)(O)OC[C@@H](O)COP(=O)(O)O. The number of carbonyl (C=O) groups excluding carboxylic acids is 2. The summed E-state index contributed by atoms with van der Waals surface area (Å²) in [5.74, 6) is -1.27. The summed E-state index contributed by atoms with van der Waals surface area (Å²) in [6.45, 7) is 1.41. The Morgan fingerprint density at radius 2 is 1.07 bits per heavy atom. The Labute approximate surface area is 353 Å². The number of aliphatic hydroxyl groups is 3. The third kappa shape index (κ3) is 41.1. The van der Waals surface area contributed by atoms with Crippen molar-refractivity contribution in [2.75, 3.05) is 26.4 Å². The summed E-state index contributed by atoms with van der Waals surface area (Å²) in [6.07, 6.45) is 30.2. The lowest BCUT2D eigenvalue weighted by Gasteiger charge is -2.20. The van der Waals surface area contributed by atoms with Gasteiger partial charge in [-0.3, -0.25) is 23.2 Å². The predicted octanol–water partition coefficient (Wildman–Crippen LogP) is 8.61. The van der Waals surface area contributed by atoms with Crippen molar-refractivity contribution < 1.29 is 71.8 Å². The molecule has 15 nitrogen and oxygen atoms in total. The van der Waals surface area contributed by atoms with Gasteiger partial charge in [0.05, 0.1) is 32.0 Å². The molecule has 344 valence electrons. The highest BCUT2D eigenvalue weighted by molar-refractivity contribution is 7.47. The van der Waals surface area contributed by atoms with Crippen LogP contribution in [0.25, 0.3) is 0 Å². The molecule has 0 aliphatic rings. The number of aliphatic hydroxyl groups excluding tert-OH is 3. The van der Waals surface area contributed by atoms with Crippen molar-refractivity contribution in [3.8, 4) is 0 Å². The van der Waals surface area contributed by atoms with Crippen LogP contribution in [-0.4, -0.2) is 92.8 Å². The lowest BCUT2D eigenvalue weighted by Crippen LogP contribution is -2.30. The summed E-state index contributed by atoms with van der Waals surface area (Å²) >= 11 is 0. The molecular weight excluding hydrogens is 806 g/mol. The van der Waals surface area contributed by atoms with Gasteiger partial charge in [0.2, 0.25) is 0 Å². The molecule has 17 heteroatoms. The van der Waals surface area contributed by atoms with E-state index in [1.807, 2.05) is 6.08 Å². The number of unbranched alkanes of at least 4 members (excludes halogenated alkanes) is 15. The molecule has 0 aromatic carbocycles. The molecular formula is C42H76O15P2. The lowest BCUT2D eigenvalue weighted by atomic mass is 10.0. The van der Waals surface area contributed by atoms with Gasteiger partial charge < -0.3 is 39.5 Å². The van der Waals surface area contributed by atoms with E-state index in [4.69, 9.17) is 23.8 Å². The zero-order valence-corrected chi connectivity index (χ0v) is 37.4. The fourth-order valence-electron chi connectivity index (χ4n) is 5.54. The first kappa shape index (κ1) is 57.0. The first-order valence-corrected chi connectivity index (χ1v) is 24.6. The average molecular weight is 883 g/mol. The third-order valence-corrected chi connectivity index (χ3v) is 10.3. The highest BCUT2D eigenvalue weighted by Crippen LogP contribution is 2.43. The molecule has 0 aliphatic carbocycles. The molecule has 0 aromatic heterocycles. The molecule has 0 aromatic rings. The molecule has 0 bridgehead atoms. The molecule has 0 radical (unpaired) electrons. The molecule has 0 saturated carbocycles. The van der Waals surface area contributed by atoms with Gasteiger partial charge in [0.15, 0.2) is 6.10 Å². The Hall–Kier alpha value is -2.00. The molecule has 0 spiro atoms. The van der Waals surface area contributed by atoms with E-state index in [0.29, 0.717) is 12.8 Å². The minimum atomic E-state index is -4.89. The third-order valence-electron chi connectivity index (χ3n) is 8.90. The fraction of sp³-hybridized carbons (Fsp3) is 0.762. The summed E-state index contributed by atoms with van der Waals surface area (Å²) in [5, 5.41) is 30.0. The van der Waals surface area contributed by atoms with Crippen LogP contribution in [0.2, 0.25) is 0 Å². The van der Waals surface area contributed by atoms with Crippen LogP contribution in [0.15, 0.2) is 48.6 Å². The molecule has 0 fully saturated rings. The number of carbonyl (C=O) groups is 2. The van der Waals surface area contributed by atoms with Crippen molar-refractivity contribution >= 4 is 27.6 Å². The lowest BCUT2D eigenvalue weighted by molar-refractivity contribution is -0.161. The monoisotopic (exact) mass is 882 g/mol. The maximum absolute atomic E-state index is 12.7. The zero-order chi connectivity index (χ0) is 44.0. The van der Waals surface area contributed by atoms with Crippen molar-refractivity contribution in [2.24, 2.45) is 0 Å². The van der Waals surface area contributed by atoms with E-state index in [1.165, 1.54) is 70.6 Å². The van der Waals surface area contributed by atoms with Gasteiger partial charge in [-0.25, -0.2) is 9.13 Å². The molecule has 59 heavy (non-hydrogen) atoms. The summed E-state index contributed by atoms with van der Waals surface area (Å²) in [5.41, 5.74) is 0. The quantitative estimate of drug-likeness (QED) is 0.0111. The number of rotatable bonds is 40. The Morgan fingerprint density at radius 1 is 0.559 bits per heavy atom. The van der Waals surface area contributed by atoms with E-state index in [1.54, 1.807) is 36.5 Å². The number of hydrogen-bond donors (Lipinski definition) is 6. The number of phosphoric acid groups is 2. The number of ether oxygens (including phenoxy) is 2. The first-order valence-electron chi connectivity index (χ1n) is 21.5. The van der Waals surface area contributed by atoms with Crippen molar-refractivity contribution in [3.05, 3.63) is 48.6 Å². The minimum absolute atomic E-state index is 0.128. The highest BCUT2D eigenvalue weighted by atomic mass is 31.2. The second-order valence-corrected chi connectivity index (χ2v) is 17.4. The van der Waals surface area contributed by atoms with Crippen LogP contribution in [-0.2, 0) is 41.8 Å². The van der Waals surface area contributed by atoms with Crippen LogP contribution in [0.1, 0.15) is 155 Å². The number of esters is 2. The van der Waals surface area contributed by atoms with Gasteiger partial charge in [0.1, 0.15) is 12.7 Å². The highest BCUT2D eigenvalue weighted by Gasteiger charge is 2.28. The number of phosphoric ester groups is 2. The van der Waals surface area contributed by atoms with Gasteiger partial charge >= 0.3 is 27.6 Å². The van der Waals surface area contributed by atoms with Crippen molar-refractivity contribution in [2.45, 2.75) is 180 Å². The normalized spacial score (nSPS) is 15.6. The van der Waals surface area contributed by atoms with Crippen molar-refractivity contribution in [1.82, 2.24) is 0 Å². The molecule has 0 heterocycles. The minimum Gasteiger partial charge on any atom is -0.462 e. The maximum atomic E-state index is 12.7. The summed E-state index contributed by atoms with van der Waals surface area (Å²) < 4.78 is 47.5. The summed E-state index contributed by atoms with van der Waals surface area (Å²) in [7, 11) is -9.76. The molecule has 6 N–H and O–H groups in total.